The molecule has 21 heavy (non-hydrogen) atoms. The molecule has 0 aliphatic heterocycles. The van der Waals surface area contributed by atoms with E-state index in [0.29, 0.717) is 10.0 Å². The lowest BCUT2D eigenvalue weighted by molar-refractivity contribution is -0.385. The Morgan fingerprint density at radius 3 is 2.52 bits per heavy atom. The van der Waals surface area contributed by atoms with Crippen molar-refractivity contribution >= 4 is 37.3 Å². The van der Waals surface area contributed by atoms with E-state index in [0.717, 1.165) is 0 Å². The number of nitrogens with zero attached hydrogens (tertiary/aromatic N) is 1. The third-order valence-electron chi connectivity index (χ3n) is 2.76. The number of halogens is 1. The summed E-state index contributed by atoms with van der Waals surface area (Å²) >= 11 is 3.20. The number of nitrogens with one attached hydrogen (secondary N) is 1. The van der Waals surface area contributed by atoms with Crippen LogP contribution >= 0.6 is 15.9 Å². The molecule has 0 atom stereocenters. The van der Waals surface area contributed by atoms with Crippen LogP contribution in [0.25, 0.3) is 0 Å². The first-order valence-corrected chi connectivity index (χ1v) is 8.10. The molecule has 1 N–H and O–H groups in total. The molecule has 110 valence electrons. The lowest BCUT2D eigenvalue weighted by Crippen LogP contribution is -2.13. The molecule has 0 radical (unpaired) electrons. The number of anilines is 1. The summed E-state index contributed by atoms with van der Waals surface area (Å²) in [5.74, 6) is 0. The van der Waals surface area contributed by atoms with Crippen molar-refractivity contribution in [2.45, 2.75) is 11.8 Å². The van der Waals surface area contributed by atoms with Crippen LogP contribution in [0.4, 0.5) is 11.4 Å². The van der Waals surface area contributed by atoms with Crippen LogP contribution in [0.5, 0.6) is 0 Å². The molecule has 2 rings (SSSR count). The Morgan fingerprint density at radius 2 is 1.90 bits per heavy atom. The third-order valence-corrected chi connectivity index (χ3v) is 4.64. The largest absolute Gasteiger partial charge is 0.279 e. The Hall–Kier alpha value is -1.93. The summed E-state index contributed by atoms with van der Waals surface area (Å²) in [6.45, 7) is 1.59. The van der Waals surface area contributed by atoms with Crippen molar-refractivity contribution < 1.29 is 13.3 Å². The van der Waals surface area contributed by atoms with Crippen molar-refractivity contribution in [3.05, 3.63) is 62.6 Å². The van der Waals surface area contributed by atoms with Gasteiger partial charge in [-0.3, -0.25) is 14.8 Å². The molecule has 0 fully saturated rings. The van der Waals surface area contributed by atoms with Crippen LogP contribution in [0.2, 0.25) is 0 Å². The second-order valence-electron chi connectivity index (χ2n) is 4.32. The van der Waals surface area contributed by atoms with Gasteiger partial charge in [0.2, 0.25) is 0 Å². The smallest absolute Gasteiger partial charge is 0.274 e. The van der Waals surface area contributed by atoms with Gasteiger partial charge < -0.3 is 0 Å². The van der Waals surface area contributed by atoms with Gasteiger partial charge in [-0.2, -0.15) is 0 Å². The van der Waals surface area contributed by atoms with E-state index in [-0.39, 0.29) is 16.3 Å². The number of aryl methyl sites for hydroxylation is 1. The molecule has 0 aliphatic rings. The summed E-state index contributed by atoms with van der Waals surface area (Å²) in [6, 6.07) is 10.4. The molecule has 0 unspecified atom stereocenters. The zero-order valence-corrected chi connectivity index (χ0v) is 13.3. The molecular formula is C13H11BrN2O4S. The van der Waals surface area contributed by atoms with Crippen molar-refractivity contribution in [2.24, 2.45) is 0 Å². The van der Waals surface area contributed by atoms with Crippen molar-refractivity contribution in [1.82, 2.24) is 0 Å². The lowest BCUT2D eigenvalue weighted by atomic mass is 10.2. The summed E-state index contributed by atoms with van der Waals surface area (Å²) in [4.78, 5) is 10.4. The van der Waals surface area contributed by atoms with Gasteiger partial charge in [-0.15, -0.1) is 0 Å². The lowest BCUT2D eigenvalue weighted by Gasteiger charge is -2.09. The maximum absolute atomic E-state index is 12.2. The fourth-order valence-electron chi connectivity index (χ4n) is 1.72. The molecule has 0 heterocycles. The molecule has 8 heteroatoms. The number of sulfonamides is 1. The van der Waals surface area contributed by atoms with Crippen LogP contribution < -0.4 is 4.72 Å². The van der Waals surface area contributed by atoms with E-state index < -0.39 is 14.9 Å². The van der Waals surface area contributed by atoms with Crippen LogP contribution in [0.15, 0.2) is 51.8 Å². The predicted octanol–water partition coefficient (Wildman–Crippen LogP) is 3.47. The van der Waals surface area contributed by atoms with E-state index in [9.17, 15) is 18.5 Å². The topological polar surface area (TPSA) is 89.3 Å². The molecular weight excluding hydrogens is 360 g/mol. The highest BCUT2D eigenvalue weighted by atomic mass is 79.9. The first kappa shape index (κ1) is 15.5. The van der Waals surface area contributed by atoms with Crippen molar-refractivity contribution in [3.8, 4) is 0 Å². The van der Waals surface area contributed by atoms with Crippen molar-refractivity contribution in [2.75, 3.05) is 4.72 Å². The van der Waals surface area contributed by atoms with Crippen LogP contribution in [0.3, 0.4) is 0 Å². The molecule has 6 nitrogen and oxygen atoms in total. The normalized spacial score (nSPS) is 11.1. The Morgan fingerprint density at radius 1 is 1.19 bits per heavy atom. The zero-order chi connectivity index (χ0) is 15.6. The quantitative estimate of drug-likeness (QED) is 0.658. The van der Waals surface area contributed by atoms with Crippen LogP contribution in [-0.4, -0.2) is 13.3 Å². The monoisotopic (exact) mass is 370 g/mol. The molecule has 2 aromatic carbocycles. The third kappa shape index (κ3) is 3.59. The Balaban J connectivity index is 2.37. The molecule has 0 spiro atoms. The minimum absolute atomic E-state index is 0.0695. The highest BCUT2D eigenvalue weighted by Gasteiger charge is 2.17. The summed E-state index contributed by atoms with van der Waals surface area (Å²) in [6.07, 6.45) is 0. The average Bonchev–Trinajstić information content (AvgIpc) is 2.40. The maximum Gasteiger partial charge on any atom is 0.274 e. The van der Waals surface area contributed by atoms with Gasteiger partial charge in [0.1, 0.15) is 0 Å². The first-order valence-electron chi connectivity index (χ1n) is 5.83. The van der Waals surface area contributed by atoms with E-state index in [1.807, 2.05) is 0 Å². The first-order chi connectivity index (χ1) is 9.79. The highest BCUT2D eigenvalue weighted by Crippen LogP contribution is 2.25. The Labute approximate surface area is 130 Å². The summed E-state index contributed by atoms with van der Waals surface area (Å²) < 4.78 is 27.4. The summed E-state index contributed by atoms with van der Waals surface area (Å²) in [5.41, 5.74) is 0.474. The molecule has 0 saturated heterocycles. The van der Waals surface area contributed by atoms with Gasteiger partial charge in [-0.05, 0) is 31.2 Å². The minimum Gasteiger partial charge on any atom is -0.279 e. The van der Waals surface area contributed by atoms with Gasteiger partial charge in [-0.25, -0.2) is 8.42 Å². The summed E-state index contributed by atoms with van der Waals surface area (Å²) in [5, 5.41) is 10.9. The van der Waals surface area contributed by atoms with E-state index in [2.05, 4.69) is 20.7 Å². The fraction of sp³-hybridized carbons (Fsp3) is 0.0769. The molecule has 0 amide bonds. The van der Waals surface area contributed by atoms with Crippen molar-refractivity contribution in [1.29, 1.82) is 0 Å². The highest BCUT2D eigenvalue weighted by molar-refractivity contribution is 9.10. The Kier molecular flexibility index (Phi) is 4.29. The number of benzene rings is 2. The Bertz CT molecular complexity index is 806. The molecule has 0 aromatic heterocycles. The number of rotatable bonds is 4. The van der Waals surface area contributed by atoms with Crippen LogP contribution in [0.1, 0.15) is 5.56 Å². The minimum atomic E-state index is -3.79. The van der Waals surface area contributed by atoms with Crippen LogP contribution in [-0.2, 0) is 10.0 Å². The van der Waals surface area contributed by atoms with Crippen molar-refractivity contribution in [3.63, 3.8) is 0 Å². The average molecular weight is 371 g/mol. The molecule has 0 saturated carbocycles. The molecule has 0 aliphatic carbocycles. The van der Waals surface area contributed by atoms with Gasteiger partial charge >= 0.3 is 0 Å². The van der Waals surface area contributed by atoms with Gasteiger partial charge in [0.15, 0.2) is 0 Å². The number of nitro benzene ring substituents is 1. The number of nitro groups is 1. The zero-order valence-electron chi connectivity index (χ0n) is 10.9. The van der Waals surface area contributed by atoms with Gasteiger partial charge in [0.25, 0.3) is 15.7 Å². The van der Waals surface area contributed by atoms with Gasteiger partial charge in [-0.1, -0.05) is 28.1 Å². The number of hydrogen-bond acceptors (Lipinski definition) is 4. The SMILES string of the molecule is Cc1ccc(NS(=O)(=O)c2cccc(Br)c2)cc1[N+](=O)[O-]. The maximum atomic E-state index is 12.2. The van der Waals surface area contributed by atoms with E-state index in [1.165, 1.54) is 30.3 Å². The standard InChI is InChI=1S/C13H11BrN2O4S/c1-9-5-6-11(8-13(9)16(17)18)15-21(19,20)12-4-2-3-10(14)7-12/h2-8,15H,1H3. The molecule has 2 aromatic rings. The second-order valence-corrected chi connectivity index (χ2v) is 6.92. The van der Waals surface area contributed by atoms with E-state index in [4.69, 9.17) is 0 Å². The number of hydrogen-bond donors (Lipinski definition) is 1. The van der Waals surface area contributed by atoms with Gasteiger partial charge in [0, 0.05) is 16.1 Å². The predicted molar refractivity (Wildman–Crippen MR) is 82.8 cm³/mol. The van der Waals surface area contributed by atoms with E-state index >= 15 is 0 Å². The second kappa shape index (κ2) is 5.82. The summed E-state index contributed by atoms with van der Waals surface area (Å²) in [7, 11) is -3.79. The van der Waals surface area contributed by atoms with Crippen LogP contribution in [0, 0.1) is 17.0 Å². The fourth-order valence-corrected chi connectivity index (χ4v) is 3.36. The molecule has 0 bridgehead atoms. The van der Waals surface area contributed by atoms with E-state index in [1.54, 1.807) is 19.1 Å². The van der Waals surface area contributed by atoms with Gasteiger partial charge in [0.05, 0.1) is 15.5 Å².